The minimum absolute atomic E-state index is 0.139. The van der Waals surface area contributed by atoms with Crippen LogP contribution in [0.2, 0.25) is 0 Å². The number of rotatable bonds is 5. The number of hydrogen-bond donors (Lipinski definition) is 2. The first-order valence-electron chi connectivity index (χ1n) is 8.71. The molecule has 3 rings (SSSR count). The van der Waals surface area contributed by atoms with Crippen LogP contribution in [0.3, 0.4) is 0 Å². The Morgan fingerprint density at radius 2 is 2.32 bits per heavy atom. The lowest BCUT2D eigenvalue weighted by Gasteiger charge is -2.32. The van der Waals surface area contributed by atoms with Gasteiger partial charge in [0.15, 0.2) is 0 Å². The molecule has 1 saturated heterocycles. The predicted molar refractivity (Wildman–Crippen MR) is 101 cm³/mol. The highest BCUT2D eigenvalue weighted by Gasteiger charge is 2.23. The number of nitrogens with one attached hydrogen (secondary N) is 1. The van der Waals surface area contributed by atoms with Crippen LogP contribution in [0.15, 0.2) is 23.6 Å². The lowest BCUT2D eigenvalue weighted by atomic mass is 10.0. The third kappa shape index (κ3) is 4.76. The Hall–Kier alpha value is -1.99. The van der Waals surface area contributed by atoms with Crippen LogP contribution in [0, 0.1) is 0 Å². The van der Waals surface area contributed by atoms with Crippen LogP contribution in [0.1, 0.15) is 53.7 Å². The molecule has 0 radical (unpaired) electrons. The third-order valence-corrected chi connectivity index (χ3v) is 5.25. The van der Waals surface area contributed by atoms with Gasteiger partial charge in [0.1, 0.15) is 5.69 Å². The number of likely N-dealkylation sites (tertiary alicyclic amines) is 1. The Morgan fingerprint density at radius 3 is 3.04 bits per heavy atom. The van der Waals surface area contributed by atoms with E-state index in [9.17, 15) is 4.79 Å². The normalized spacial score (nSPS) is 18.4. The fourth-order valence-corrected chi connectivity index (χ4v) is 3.84. The highest BCUT2D eigenvalue weighted by molar-refractivity contribution is 7.09. The summed E-state index contributed by atoms with van der Waals surface area (Å²) in [6.45, 7) is 6.92. The van der Waals surface area contributed by atoms with Gasteiger partial charge in [0, 0.05) is 29.7 Å². The fourth-order valence-electron chi connectivity index (χ4n) is 3.10. The number of hydrogen-bond acceptors (Lipinski definition) is 6. The summed E-state index contributed by atoms with van der Waals surface area (Å²) >= 11 is 1.77. The number of carbonyl (C=O) groups excluding carboxylic acids is 1. The predicted octanol–water partition coefficient (Wildman–Crippen LogP) is 2.64. The molecule has 1 atom stereocenters. The zero-order valence-electron chi connectivity index (χ0n) is 14.7. The van der Waals surface area contributed by atoms with Crippen molar-refractivity contribution in [2.45, 2.75) is 45.2 Å². The van der Waals surface area contributed by atoms with E-state index < -0.39 is 0 Å². The standard InChI is InChI=1S/C18H25N5OS/c1-12(2)15-9-16(22-18(19)21-15)17(24)20-13-5-3-7-23(10-13)11-14-6-4-8-25-14/h4,6,8-9,12-13H,3,5,7,10-11H2,1-2H3,(H,20,24)(H2,19,21,22). The molecule has 1 aliphatic heterocycles. The molecular weight excluding hydrogens is 334 g/mol. The van der Waals surface area contributed by atoms with Crippen molar-refractivity contribution in [2.24, 2.45) is 0 Å². The van der Waals surface area contributed by atoms with Gasteiger partial charge < -0.3 is 11.1 Å². The van der Waals surface area contributed by atoms with Crippen molar-refractivity contribution in [3.63, 3.8) is 0 Å². The van der Waals surface area contributed by atoms with E-state index in [0.29, 0.717) is 5.69 Å². The fraction of sp³-hybridized carbons (Fsp3) is 0.500. The number of nitrogen functional groups attached to an aromatic ring is 1. The zero-order chi connectivity index (χ0) is 17.8. The monoisotopic (exact) mass is 359 g/mol. The van der Waals surface area contributed by atoms with Crippen molar-refractivity contribution in [3.05, 3.63) is 39.8 Å². The summed E-state index contributed by atoms with van der Waals surface area (Å²) in [5, 5.41) is 5.22. The summed E-state index contributed by atoms with van der Waals surface area (Å²) in [5.41, 5.74) is 6.90. The van der Waals surface area contributed by atoms with E-state index in [1.54, 1.807) is 17.4 Å². The average molecular weight is 359 g/mol. The third-order valence-electron chi connectivity index (χ3n) is 4.39. The summed E-state index contributed by atoms with van der Waals surface area (Å²) in [5.74, 6) is 0.186. The van der Waals surface area contributed by atoms with E-state index in [2.05, 4.69) is 37.7 Å². The van der Waals surface area contributed by atoms with E-state index in [0.717, 1.165) is 38.2 Å². The molecule has 3 N–H and O–H groups in total. The number of piperidine rings is 1. The van der Waals surface area contributed by atoms with Gasteiger partial charge in [-0.2, -0.15) is 0 Å². The quantitative estimate of drug-likeness (QED) is 0.857. The van der Waals surface area contributed by atoms with Gasteiger partial charge in [-0.3, -0.25) is 9.69 Å². The molecule has 3 heterocycles. The van der Waals surface area contributed by atoms with Crippen LogP contribution in [0.25, 0.3) is 0 Å². The molecule has 0 saturated carbocycles. The number of nitrogens with zero attached hydrogens (tertiary/aromatic N) is 3. The van der Waals surface area contributed by atoms with Crippen LogP contribution in [-0.4, -0.2) is 39.9 Å². The summed E-state index contributed by atoms with van der Waals surface area (Å²) in [6.07, 6.45) is 2.07. The van der Waals surface area contributed by atoms with Gasteiger partial charge in [-0.1, -0.05) is 19.9 Å². The maximum absolute atomic E-state index is 12.6. The van der Waals surface area contributed by atoms with Gasteiger partial charge in [0.2, 0.25) is 5.95 Å². The van der Waals surface area contributed by atoms with Crippen molar-refractivity contribution in [1.82, 2.24) is 20.2 Å². The molecule has 1 unspecified atom stereocenters. The molecule has 7 heteroatoms. The second-order valence-electron chi connectivity index (χ2n) is 6.82. The maximum Gasteiger partial charge on any atom is 0.270 e. The first-order chi connectivity index (χ1) is 12.0. The van der Waals surface area contributed by atoms with Crippen molar-refractivity contribution in [1.29, 1.82) is 0 Å². The molecule has 1 fully saturated rings. The molecule has 6 nitrogen and oxygen atoms in total. The van der Waals surface area contributed by atoms with Gasteiger partial charge in [-0.05, 0) is 42.8 Å². The molecule has 0 bridgehead atoms. The molecular formula is C18H25N5OS. The largest absolute Gasteiger partial charge is 0.368 e. The molecule has 1 aliphatic rings. The van der Waals surface area contributed by atoms with E-state index >= 15 is 0 Å². The van der Waals surface area contributed by atoms with Crippen LogP contribution < -0.4 is 11.1 Å². The lowest BCUT2D eigenvalue weighted by Crippen LogP contribution is -2.47. The Morgan fingerprint density at radius 1 is 1.48 bits per heavy atom. The maximum atomic E-state index is 12.6. The molecule has 134 valence electrons. The minimum Gasteiger partial charge on any atom is -0.368 e. The van der Waals surface area contributed by atoms with Gasteiger partial charge in [-0.25, -0.2) is 9.97 Å². The number of anilines is 1. The summed E-state index contributed by atoms with van der Waals surface area (Å²) in [6, 6.07) is 6.11. The Kier molecular flexibility index (Phi) is 5.65. The number of thiophene rings is 1. The molecule has 0 aromatic carbocycles. The Labute approximate surface area is 152 Å². The average Bonchev–Trinajstić information content (AvgIpc) is 3.07. The van der Waals surface area contributed by atoms with E-state index in [1.807, 2.05) is 13.8 Å². The van der Waals surface area contributed by atoms with Crippen molar-refractivity contribution in [3.8, 4) is 0 Å². The lowest BCUT2D eigenvalue weighted by molar-refractivity contribution is 0.0896. The van der Waals surface area contributed by atoms with Crippen molar-refractivity contribution < 1.29 is 4.79 Å². The van der Waals surface area contributed by atoms with Gasteiger partial charge >= 0.3 is 0 Å². The Bertz CT molecular complexity index is 716. The number of carbonyl (C=O) groups is 1. The van der Waals surface area contributed by atoms with Crippen LogP contribution in [0.4, 0.5) is 5.95 Å². The first-order valence-corrected chi connectivity index (χ1v) is 9.59. The van der Waals surface area contributed by atoms with Gasteiger partial charge in [-0.15, -0.1) is 11.3 Å². The van der Waals surface area contributed by atoms with Gasteiger partial charge in [0.05, 0.1) is 0 Å². The van der Waals surface area contributed by atoms with Crippen LogP contribution in [-0.2, 0) is 6.54 Å². The summed E-state index contributed by atoms with van der Waals surface area (Å²) in [7, 11) is 0. The van der Waals surface area contributed by atoms with Crippen molar-refractivity contribution in [2.75, 3.05) is 18.8 Å². The molecule has 0 aliphatic carbocycles. The first kappa shape index (κ1) is 17.8. The molecule has 2 aromatic rings. The molecule has 0 spiro atoms. The molecule has 25 heavy (non-hydrogen) atoms. The topological polar surface area (TPSA) is 84.1 Å². The summed E-state index contributed by atoms with van der Waals surface area (Å²) in [4.78, 5) is 24.6. The van der Waals surface area contributed by atoms with Crippen LogP contribution in [0.5, 0.6) is 0 Å². The Balaban J connectivity index is 1.62. The number of aromatic nitrogens is 2. The van der Waals surface area contributed by atoms with Crippen LogP contribution >= 0.6 is 11.3 Å². The molecule has 1 amide bonds. The highest BCUT2D eigenvalue weighted by atomic mass is 32.1. The van der Waals surface area contributed by atoms with E-state index in [1.165, 1.54) is 4.88 Å². The minimum atomic E-state index is -0.168. The SMILES string of the molecule is CC(C)c1cc(C(=O)NC2CCCN(Cc3cccs3)C2)nc(N)n1. The highest BCUT2D eigenvalue weighted by Crippen LogP contribution is 2.18. The number of nitrogens with two attached hydrogens (primary N) is 1. The second kappa shape index (κ2) is 7.93. The zero-order valence-corrected chi connectivity index (χ0v) is 15.6. The van der Waals surface area contributed by atoms with Gasteiger partial charge in [0.25, 0.3) is 5.91 Å². The molecule has 2 aromatic heterocycles. The number of amides is 1. The second-order valence-corrected chi connectivity index (χ2v) is 7.85. The van der Waals surface area contributed by atoms with Crippen molar-refractivity contribution >= 4 is 23.2 Å². The van der Waals surface area contributed by atoms with E-state index in [-0.39, 0.29) is 23.8 Å². The smallest absolute Gasteiger partial charge is 0.270 e. The van der Waals surface area contributed by atoms with E-state index in [4.69, 9.17) is 5.73 Å². The summed E-state index contributed by atoms with van der Waals surface area (Å²) < 4.78 is 0.